The van der Waals surface area contributed by atoms with Crippen molar-refractivity contribution >= 4 is 29.6 Å². The molecule has 0 amide bonds. The number of aromatic nitrogens is 2. The van der Waals surface area contributed by atoms with E-state index in [9.17, 15) is 4.79 Å². The number of methoxy groups -OCH3 is 1. The third-order valence-corrected chi connectivity index (χ3v) is 1.18. The van der Waals surface area contributed by atoms with Gasteiger partial charge in [-0.2, -0.15) is 4.98 Å². The molecule has 0 bridgehead atoms. The topological polar surface area (TPSA) is 75.2 Å². The Morgan fingerprint density at radius 2 is 2.17 bits per heavy atom. The Morgan fingerprint density at radius 3 is 2.58 bits per heavy atom. The maximum Gasteiger partial charge on any atom is 0.297 e. The SMILES string of the molecule is COc1c(O)nc(C)[nH]c1=O.[Na]. The second-order valence-corrected chi connectivity index (χ2v) is 2.01. The Labute approximate surface area is 91.1 Å². The molecule has 1 aromatic heterocycles. The average Bonchev–Trinajstić information content (AvgIpc) is 1.85. The molecule has 2 N–H and O–H groups in total. The van der Waals surface area contributed by atoms with Gasteiger partial charge >= 0.3 is 0 Å². The van der Waals surface area contributed by atoms with E-state index >= 15 is 0 Å². The van der Waals surface area contributed by atoms with Crippen LogP contribution in [0.15, 0.2) is 4.79 Å². The number of nitrogens with zero attached hydrogens (tertiary/aromatic N) is 1. The van der Waals surface area contributed by atoms with Gasteiger partial charge in [0, 0.05) is 29.6 Å². The molecule has 0 saturated carbocycles. The van der Waals surface area contributed by atoms with Crippen molar-refractivity contribution in [3.8, 4) is 11.6 Å². The fourth-order valence-electron chi connectivity index (χ4n) is 0.744. The number of aryl methyl sites for hydroxylation is 1. The van der Waals surface area contributed by atoms with Crippen LogP contribution >= 0.6 is 0 Å². The summed E-state index contributed by atoms with van der Waals surface area (Å²) in [5.74, 6) is -0.183. The Hall–Kier alpha value is -0.520. The van der Waals surface area contributed by atoms with Crippen molar-refractivity contribution in [2.45, 2.75) is 6.92 Å². The smallest absolute Gasteiger partial charge is 0.297 e. The minimum absolute atomic E-state index is 0. The number of aromatic hydroxyl groups is 1. The Kier molecular flexibility index (Phi) is 4.30. The van der Waals surface area contributed by atoms with Crippen LogP contribution in [-0.4, -0.2) is 51.7 Å². The zero-order valence-corrected chi connectivity index (χ0v) is 9.21. The number of rotatable bonds is 1. The van der Waals surface area contributed by atoms with Crippen molar-refractivity contribution in [3.63, 3.8) is 0 Å². The molecule has 1 heterocycles. The van der Waals surface area contributed by atoms with Crippen LogP contribution in [0.4, 0.5) is 0 Å². The van der Waals surface area contributed by atoms with Crippen LogP contribution in [0.2, 0.25) is 0 Å². The van der Waals surface area contributed by atoms with Gasteiger partial charge in [-0.3, -0.25) is 4.79 Å². The molecule has 0 spiro atoms. The van der Waals surface area contributed by atoms with Crippen molar-refractivity contribution < 1.29 is 9.84 Å². The predicted molar refractivity (Wildman–Crippen MR) is 43.6 cm³/mol. The Balaban J connectivity index is 0.00000121. The van der Waals surface area contributed by atoms with Crippen LogP contribution in [0, 0.1) is 6.92 Å². The number of nitrogens with one attached hydrogen (secondary N) is 1. The van der Waals surface area contributed by atoms with E-state index in [1.165, 1.54) is 7.11 Å². The van der Waals surface area contributed by atoms with Gasteiger partial charge < -0.3 is 14.8 Å². The number of hydrogen-bond donors (Lipinski definition) is 2. The van der Waals surface area contributed by atoms with Crippen molar-refractivity contribution in [2.24, 2.45) is 0 Å². The maximum atomic E-state index is 10.9. The molecule has 0 aromatic carbocycles. The van der Waals surface area contributed by atoms with Crippen molar-refractivity contribution in [1.82, 2.24) is 9.97 Å². The molecule has 0 aliphatic rings. The first kappa shape index (κ1) is 11.5. The summed E-state index contributed by atoms with van der Waals surface area (Å²) in [4.78, 5) is 16.9. The first-order chi connectivity index (χ1) is 5.15. The molecule has 6 heteroatoms. The number of aromatic amines is 1. The molecule has 5 nitrogen and oxygen atoms in total. The molecule has 12 heavy (non-hydrogen) atoms. The van der Waals surface area contributed by atoms with Gasteiger partial charge in [0.1, 0.15) is 5.82 Å². The van der Waals surface area contributed by atoms with E-state index < -0.39 is 5.56 Å². The Bertz CT molecular complexity index is 323. The van der Waals surface area contributed by atoms with Gasteiger partial charge in [-0.1, -0.05) is 0 Å². The number of hydrogen-bond acceptors (Lipinski definition) is 4. The van der Waals surface area contributed by atoms with Crippen molar-refractivity contribution in [1.29, 1.82) is 0 Å². The van der Waals surface area contributed by atoms with Gasteiger partial charge in [0.05, 0.1) is 7.11 Å². The minimum atomic E-state index is -0.475. The third kappa shape index (κ3) is 2.23. The average molecular weight is 179 g/mol. The fourth-order valence-corrected chi connectivity index (χ4v) is 0.744. The molecule has 0 fully saturated rings. The molecular weight excluding hydrogens is 171 g/mol. The molecule has 0 saturated heterocycles. The van der Waals surface area contributed by atoms with Crippen LogP contribution in [0.25, 0.3) is 0 Å². The fraction of sp³-hybridized carbons (Fsp3) is 0.333. The van der Waals surface area contributed by atoms with Gasteiger partial charge in [-0.25, -0.2) is 0 Å². The van der Waals surface area contributed by atoms with Gasteiger partial charge in [0.25, 0.3) is 11.4 Å². The van der Waals surface area contributed by atoms with Crippen LogP contribution in [0.1, 0.15) is 5.82 Å². The summed E-state index contributed by atoms with van der Waals surface area (Å²) in [7, 11) is 1.29. The van der Waals surface area contributed by atoms with Crippen molar-refractivity contribution in [2.75, 3.05) is 7.11 Å². The second kappa shape index (κ2) is 4.49. The van der Waals surface area contributed by atoms with Crippen molar-refractivity contribution in [3.05, 3.63) is 16.2 Å². The summed E-state index contributed by atoms with van der Waals surface area (Å²) in [6.45, 7) is 1.57. The zero-order chi connectivity index (χ0) is 8.43. The largest absolute Gasteiger partial charge is 0.490 e. The molecule has 0 atom stereocenters. The van der Waals surface area contributed by atoms with E-state index in [4.69, 9.17) is 5.11 Å². The summed E-state index contributed by atoms with van der Waals surface area (Å²) in [6, 6.07) is 0. The number of H-pyrrole nitrogens is 1. The van der Waals surface area contributed by atoms with Crippen LogP contribution in [0.5, 0.6) is 11.6 Å². The predicted octanol–water partition coefficient (Wildman–Crippen LogP) is -0.588. The first-order valence-electron chi connectivity index (χ1n) is 2.99. The quantitative estimate of drug-likeness (QED) is 0.565. The Morgan fingerprint density at radius 1 is 1.58 bits per heavy atom. The normalized spacial score (nSPS) is 8.83. The second-order valence-electron chi connectivity index (χ2n) is 2.01. The molecular formula is C6H8N2NaO3. The van der Waals surface area contributed by atoms with E-state index in [0.29, 0.717) is 5.82 Å². The van der Waals surface area contributed by atoms with E-state index in [-0.39, 0.29) is 41.2 Å². The molecule has 1 aromatic rings. The van der Waals surface area contributed by atoms with Crippen LogP contribution < -0.4 is 10.3 Å². The maximum absolute atomic E-state index is 10.9. The summed E-state index contributed by atoms with van der Waals surface area (Å²) < 4.78 is 4.57. The molecule has 61 valence electrons. The van der Waals surface area contributed by atoms with Gasteiger partial charge in [-0.15, -0.1) is 0 Å². The summed E-state index contributed by atoms with van der Waals surface area (Å²) in [6.07, 6.45) is 0. The molecule has 1 radical (unpaired) electrons. The van der Waals surface area contributed by atoms with E-state index in [0.717, 1.165) is 0 Å². The van der Waals surface area contributed by atoms with E-state index in [1.54, 1.807) is 6.92 Å². The molecule has 0 aliphatic carbocycles. The minimum Gasteiger partial charge on any atom is -0.490 e. The van der Waals surface area contributed by atoms with E-state index in [1.807, 2.05) is 0 Å². The molecule has 0 unspecified atom stereocenters. The third-order valence-electron chi connectivity index (χ3n) is 1.18. The summed E-state index contributed by atoms with van der Waals surface area (Å²) >= 11 is 0. The molecule has 0 aliphatic heterocycles. The van der Waals surface area contributed by atoms with Gasteiger partial charge in [0.2, 0.25) is 5.75 Å². The van der Waals surface area contributed by atoms with Crippen LogP contribution in [0.3, 0.4) is 0 Å². The first-order valence-corrected chi connectivity index (χ1v) is 2.99. The monoisotopic (exact) mass is 179 g/mol. The number of ether oxygens (including phenoxy) is 1. The standard InChI is InChI=1S/C6H8N2O3.Na/c1-3-7-5(9)4(11-2)6(10)8-3;/h1-2H3,(H2,7,8,9,10);. The van der Waals surface area contributed by atoms with Crippen LogP contribution in [-0.2, 0) is 0 Å². The van der Waals surface area contributed by atoms with Gasteiger partial charge in [0.15, 0.2) is 0 Å². The van der Waals surface area contributed by atoms with E-state index in [2.05, 4.69) is 14.7 Å². The molecule has 1 rings (SSSR count). The summed E-state index contributed by atoms with van der Waals surface area (Å²) in [5.41, 5.74) is -0.475. The zero-order valence-electron chi connectivity index (χ0n) is 7.21. The summed E-state index contributed by atoms with van der Waals surface area (Å²) in [5, 5.41) is 9.02. The van der Waals surface area contributed by atoms with Gasteiger partial charge in [-0.05, 0) is 6.92 Å².